The summed E-state index contributed by atoms with van der Waals surface area (Å²) in [5.74, 6) is 1.38. The molecule has 0 aliphatic carbocycles. The molecule has 0 N–H and O–H groups in total. The molecule has 0 radical (unpaired) electrons. The number of aryl methyl sites for hydroxylation is 1. The summed E-state index contributed by atoms with van der Waals surface area (Å²) in [4.78, 5) is 16.4. The summed E-state index contributed by atoms with van der Waals surface area (Å²) in [6.45, 7) is 3.22. The van der Waals surface area contributed by atoms with Crippen LogP contribution in [0, 0.1) is 0 Å². The Kier molecular flexibility index (Phi) is 4.93. The summed E-state index contributed by atoms with van der Waals surface area (Å²) in [5.41, 5.74) is 2.12. The van der Waals surface area contributed by atoms with Crippen molar-refractivity contribution in [2.75, 3.05) is 27.3 Å². The van der Waals surface area contributed by atoms with E-state index < -0.39 is 0 Å². The van der Waals surface area contributed by atoms with E-state index in [-0.39, 0.29) is 5.56 Å². The number of aromatic nitrogens is 1. The van der Waals surface area contributed by atoms with E-state index >= 15 is 0 Å². The maximum Gasteiger partial charge on any atom is 0.259 e. The Hall–Kier alpha value is -2.31. The summed E-state index contributed by atoms with van der Waals surface area (Å²) in [5, 5.41) is 0.795. The van der Waals surface area contributed by atoms with Gasteiger partial charge in [0.15, 0.2) is 11.5 Å². The van der Waals surface area contributed by atoms with Crippen LogP contribution in [0.1, 0.15) is 17.7 Å². The highest BCUT2D eigenvalue weighted by molar-refractivity contribution is 7.19. The van der Waals surface area contributed by atoms with Gasteiger partial charge in [0.05, 0.1) is 19.6 Å². The summed E-state index contributed by atoms with van der Waals surface area (Å²) in [6.07, 6.45) is 4.45. The van der Waals surface area contributed by atoms with Crippen LogP contribution in [0.5, 0.6) is 11.5 Å². The smallest absolute Gasteiger partial charge is 0.259 e. The summed E-state index contributed by atoms with van der Waals surface area (Å²) >= 11 is 1.72. The Morgan fingerprint density at radius 3 is 2.52 bits per heavy atom. The van der Waals surface area contributed by atoms with Crippen LogP contribution in [0.25, 0.3) is 21.2 Å². The highest BCUT2D eigenvalue weighted by atomic mass is 32.1. The van der Waals surface area contributed by atoms with Crippen molar-refractivity contribution in [3.63, 3.8) is 0 Å². The molecule has 142 valence electrons. The van der Waals surface area contributed by atoms with Gasteiger partial charge in [0.2, 0.25) is 0 Å². The molecule has 4 rings (SSSR count). The van der Waals surface area contributed by atoms with Crippen molar-refractivity contribution < 1.29 is 9.47 Å². The lowest BCUT2D eigenvalue weighted by Crippen LogP contribution is -2.17. The van der Waals surface area contributed by atoms with E-state index in [1.54, 1.807) is 30.1 Å². The molecule has 1 aliphatic rings. The SMILES string of the molecule is COc1ccc(-c2cn(C)c(=O)c3cc(CN4CCCC4)sc23)cc1OC. The molecule has 0 spiro atoms. The van der Waals surface area contributed by atoms with Gasteiger partial charge < -0.3 is 14.0 Å². The zero-order valence-corrected chi connectivity index (χ0v) is 16.8. The molecule has 5 nitrogen and oxygen atoms in total. The highest BCUT2D eigenvalue weighted by Crippen LogP contribution is 2.37. The molecule has 27 heavy (non-hydrogen) atoms. The van der Waals surface area contributed by atoms with Gasteiger partial charge in [-0.05, 0) is 49.7 Å². The third-order valence-corrected chi connectivity index (χ3v) is 6.33. The van der Waals surface area contributed by atoms with Crippen molar-refractivity contribution in [1.82, 2.24) is 9.47 Å². The Balaban J connectivity index is 1.83. The first-order chi connectivity index (χ1) is 13.1. The minimum atomic E-state index is 0.0538. The minimum Gasteiger partial charge on any atom is -0.493 e. The standard InChI is InChI=1S/C21H24N2O3S/c1-22-13-17(14-6-7-18(25-2)19(10-14)26-3)20-16(21(22)24)11-15(27-20)12-23-8-4-5-9-23/h6-7,10-11,13H,4-5,8-9,12H2,1-3H3. The second kappa shape index (κ2) is 7.37. The Labute approximate surface area is 162 Å². The van der Waals surface area contributed by atoms with Gasteiger partial charge in [-0.1, -0.05) is 6.07 Å². The fourth-order valence-corrected chi connectivity index (χ4v) is 4.97. The van der Waals surface area contributed by atoms with E-state index in [4.69, 9.17) is 9.47 Å². The lowest BCUT2D eigenvalue weighted by atomic mass is 10.1. The van der Waals surface area contributed by atoms with Crippen LogP contribution in [0.3, 0.4) is 0 Å². The number of rotatable bonds is 5. The van der Waals surface area contributed by atoms with Crippen LogP contribution >= 0.6 is 11.3 Å². The van der Waals surface area contributed by atoms with Crippen molar-refractivity contribution in [2.45, 2.75) is 19.4 Å². The van der Waals surface area contributed by atoms with Gasteiger partial charge in [0, 0.05) is 34.9 Å². The van der Waals surface area contributed by atoms with Crippen LogP contribution in [-0.4, -0.2) is 36.8 Å². The number of hydrogen-bond donors (Lipinski definition) is 0. The molecule has 6 heteroatoms. The fraction of sp³-hybridized carbons (Fsp3) is 0.381. The van der Waals surface area contributed by atoms with E-state index in [9.17, 15) is 4.79 Å². The number of hydrogen-bond acceptors (Lipinski definition) is 5. The number of pyridine rings is 1. The average molecular weight is 385 g/mol. The molecule has 1 fully saturated rings. The Bertz CT molecular complexity index is 1030. The van der Waals surface area contributed by atoms with Crippen LogP contribution < -0.4 is 15.0 Å². The molecule has 0 amide bonds. The first-order valence-corrected chi connectivity index (χ1v) is 9.99. The third kappa shape index (κ3) is 3.35. The predicted octanol–water partition coefficient (Wildman–Crippen LogP) is 3.88. The van der Waals surface area contributed by atoms with Gasteiger partial charge in [0.25, 0.3) is 5.56 Å². The molecule has 2 aromatic heterocycles. The van der Waals surface area contributed by atoms with Crippen LogP contribution in [0.4, 0.5) is 0 Å². The van der Waals surface area contributed by atoms with Crippen LogP contribution in [0.15, 0.2) is 35.3 Å². The third-order valence-electron chi connectivity index (χ3n) is 5.17. The van der Waals surface area contributed by atoms with Crippen molar-refractivity contribution in [3.05, 3.63) is 45.7 Å². The number of methoxy groups -OCH3 is 2. The fourth-order valence-electron chi connectivity index (χ4n) is 3.75. The molecule has 0 unspecified atom stereocenters. The maximum absolute atomic E-state index is 12.7. The molecule has 0 saturated carbocycles. The van der Waals surface area contributed by atoms with Crippen molar-refractivity contribution >= 4 is 21.4 Å². The van der Waals surface area contributed by atoms with E-state index in [2.05, 4.69) is 11.0 Å². The quantitative estimate of drug-likeness (QED) is 0.670. The summed E-state index contributed by atoms with van der Waals surface area (Å²) in [6, 6.07) is 7.97. The van der Waals surface area contributed by atoms with Gasteiger partial charge in [-0.15, -0.1) is 11.3 Å². The Morgan fingerprint density at radius 1 is 1.07 bits per heavy atom. The van der Waals surface area contributed by atoms with Gasteiger partial charge in [0.1, 0.15) is 0 Å². The number of likely N-dealkylation sites (tertiary alicyclic amines) is 1. The average Bonchev–Trinajstić information content (AvgIpc) is 3.34. The topological polar surface area (TPSA) is 43.7 Å². The molecule has 3 aromatic rings. The molecular weight excluding hydrogens is 360 g/mol. The lowest BCUT2D eigenvalue weighted by molar-refractivity contribution is 0.334. The van der Waals surface area contributed by atoms with E-state index in [1.165, 1.54) is 17.7 Å². The number of ether oxygens (including phenoxy) is 2. The van der Waals surface area contributed by atoms with Gasteiger partial charge in [-0.2, -0.15) is 0 Å². The maximum atomic E-state index is 12.7. The summed E-state index contributed by atoms with van der Waals surface area (Å²) in [7, 11) is 5.08. The minimum absolute atomic E-state index is 0.0538. The molecular formula is C21H24N2O3S. The van der Waals surface area contributed by atoms with Crippen molar-refractivity contribution in [2.24, 2.45) is 7.05 Å². The molecule has 1 aliphatic heterocycles. The normalized spacial score (nSPS) is 14.8. The van der Waals surface area contributed by atoms with Crippen LogP contribution in [0.2, 0.25) is 0 Å². The largest absolute Gasteiger partial charge is 0.493 e. The summed E-state index contributed by atoms with van der Waals surface area (Å²) < 4.78 is 13.5. The predicted molar refractivity (Wildman–Crippen MR) is 110 cm³/mol. The zero-order valence-electron chi connectivity index (χ0n) is 15.9. The molecule has 0 bridgehead atoms. The molecule has 0 atom stereocenters. The van der Waals surface area contributed by atoms with Crippen molar-refractivity contribution in [3.8, 4) is 22.6 Å². The monoisotopic (exact) mass is 384 g/mol. The number of fused-ring (bicyclic) bond motifs is 1. The van der Waals surface area contributed by atoms with Gasteiger partial charge >= 0.3 is 0 Å². The second-order valence-corrected chi connectivity index (χ2v) is 8.10. The van der Waals surface area contributed by atoms with E-state index in [0.717, 1.165) is 40.8 Å². The molecule has 3 heterocycles. The first kappa shape index (κ1) is 18.1. The van der Waals surface area contributed by atoms with Gasteiger partial charge in [-0.25, -0.2) is 0 Å². The number of nitrogens with zero attached hydrogens (tertiary/aromatic N) is 2. The number of thiophene rings is 1. The van der Waals surface area contributed by atoms with Gasteiger partial charge in [-0.3, -0.25) is 9.69 Å². The zero-order chi connectivity index (χ0) is 19.0. The van der Waals surface area contributed by atoms with E-state index in [1.807, 2.05) is 31.4 Å². The molecule has 1 saturated heterocycles. The molecule has 1 aromatic carbocycles. The van der Waals surface area contributed by atoms with Crippen molar-refractivity contribution in [1.29, 1.82) is 0 Å². The second-order valence-electron chi connectivity index (χ2n) is 6.97. The number of benzene rings is 1. The lowest BCUT2D eigenvalue weighted by Gasteiger charge is -2.12. The van der Waals surface area contributed by atoms with E-state index in [0.29, 0.717) is 11.5 Å². The Morgan fingerprint density at radius 2 is 1.81 bits per heavy atom. The van der Waals surface area contributed by atoms with Crippen LogP contribution in [-0.2, 0) is 13.6 Å². The first-order valence-electron chi connectivity index (χ1n) is 9.17. The highest BCUT2D eigenvalue weighted by Gasteiger charge is 2.17.